The molecule has 1 aromatic heterocycles. The maximum atomic E-state index is 14.1. The van der Waals surface area contributed by atoms with Gasteiger partial charge in [0.05, 0.1) is 0 Å². The maximum Gasteiger partial charge on any atom is 0.213 e. The number of likely N-dealkylation sites (N-methyl/N-ethyl adjacent to an activating group) is 1. The summed E-state index contributed by atoms with van der Waals surface area (Å²) in [6, 6.07) is 10.3. The Morgan fingerprint density at radius 3 is 2.66 bits per heavy atom. The number of hydrogen-bond acceptors (Lipinski definition) is 5. The molecule has 2 aromatic rings. The van der Waals surface area contributed by atoms with Crippen LogP contribution in [-0.2, 0) is 11.4 Å². The number of aromatic nitrogens is 1. The maximum absolute atomic E-state index is 14.1. The first-order chi connectivity index (χ1) is 18.2. The molecule has 0 atom stereocenters. The zero-order valence-corrected chi connectivity index (χ0v) is 23.3. The number of halogens is 2. The fraction of sp³-hybridized carbons (Fsp3) is 0.355. The van der Waals surface area contributed by atoms with Gasteiger partial charge in [-0.05, 0) is 74.7 Å². The number of hydrogen-bond donors (Lipinski definition) is 0. The van der Waals surface area contributed by atoms with E-state index in [1.54, 1.807) is 24.3 Å². The molecule has 0 N–H and O–H groups in total. The Morgan fingerprint density at radius 1 is 1.29 bits per heavy atom. The molecule has 0 saturated carbocycles. The van der Waals surface area contributed by atoms with Crippen molar-refractivity contribution in [2.75, 3.05) is 26.7 Å². The van der Waals surface area contributed by atoms with Gasteiger partial charge in [-0.15, -0.1) is 0 Å². The van der Waals surface area contributed by atoms with Gasteiger partial charge >= 0.3 is 0 Å². The first-order valence-electron chi connectivity index (χ1n) is 12.9. The molecule has 2 heterocycles. The Hall–Kier alpha value is -3.22. The normalized spacial score (nSPS) is 15.6. The van der Waals surface area contributed by atoms with Gasteiger partial charge in [-0.3, -0.25) is 9.69 Å². The van der Waals surface area contributed by atoms with E-state index in [-0.39, 0.29) is 12.4 Å². The zero-order chi connectivity index (χ0) is 27.7. The van der Waals surface area contributed by atoms with Gasteiger partial charge < -0.3 is 9.64 Å². The van der Waals surface area contributed by atoms with Crippen LogP contribution in [0.1, 0.15) is 50.3 Å². The monoisotopic (exact) mass is 537 g/mol. The summed E-state index contributed by atoms with van der Waals surface area (Å²) in [5, 5.41) is 0.358. The number of likely N-dealkylation sites (tertiary alicyclic amines) is 1. The van der Waals surface area contributed by atoms with E-state index in [4.69, 9.17) is 21.3 Å². The predicted molar refractivity (Wildman–Crippen MR) is 153 cm³/mol. The highest BCUT2D eigenvalue weighted by Gasteiger charge is 2.23. The standard InChI is InChI=1S/C31H37ClFN3O2/c1-6-22(3)30(17-24(7-2)20-37)35(5)23(4)19-36-15-13-25(14-16-36)29-9-8-10-31(34-29)38-21-26-11-12-27(32)18-28(26)33/h6,8-12,17-18,20,25H,1,4,7,13-16,19,21H2,2-3,5H3/b24-17+,30-22+. The smallest absolute Gasteiger partial charge is 0.213 e. The SMILES string of the molecule is C=C/C(C)=C(\C=C(\C=O)CC)N(C)C(=C)CN1CCC(c2cccc(OCc3ccc(Cl)cc3F)n2)CC1. The summed E-state index contributed by atoms with van der Waals surface area (Å²) >= 11 is 5.83. The average Bonchev–Trinajstić information content (AvgIpc) is 2.93. The molecule has 0 spiro atoms. The molecule has 1 aliphatic rings. The van der Waals surface area contributed by atoms with E-state index in [0.29, 0.717) is 28.8 Å². The quantitative estimate of drug-likeness (QED) is 0.164. The summed E-state index contributed by atoms with van der Waals surface area (Å²) in [7, 11) is 1.98. The fourth-order valence-electron chi connectivity index (χ4n) is 4.43. The molecular formula is C31H37ClFN3O2. The van der Waals surface area contributed by atoms with Gasteiger partial charge in [0.1, 0.15) is 18.7 Å². The summed E-state index contributed by atoms with van der Waals surface area (Å²) in [5.41, 5.74) is 5.05. The van der Waals surface area contributed by atoms with E-state index in [2.05, 4.69) is 18.1 Å². The molecule has 0 radical (unpaired) electrons. The summed E-state index contributed by atoms with van der Waals surface area (Å²) in [6.07, 6.45) is 7.24. The first kappa shape index (κ1) is 29.3. The predicted octanol–water partition coefficient (Wildman–Crippen LogP) is 7.07. The number of ether oxygens (including phenoxy) is 1. The minimum atomic E-state index is -0.388. The Balaban J connectivity index is 1.57. The van der Waals surface area contributed by atoms with Crippen molar-refractivity contribution in [2.24, 2.45) is 0 Å². The van der Waals surface area contributed by atoms with Gasteiger partial charge in [0.25, 0.3) is 0 Å². The molecule has 5 nitrogen and oxygen atoms in total. The summed E-state index contributed by atoms with van der Waals surface area (Å²) in [6.45, 7) is 14.8. The lowest BCUT2D eigenvalue weighted by Gasteiger charge is -2.34. The number of piperidine rings is 1. The zero-order valence-electron chi connectivity index (χ0n) is 22.6. The number of rotatable bonds is 12. The Morgan fingerprint density at radius 2 is 2.03 bits per heavy atom. The molecule has 0 bridgehead atoms. The van der Waals surface area contributed by atoms with E-state index in [0.717, 1.165) is 67.0 Å². The van der Waals surface area contributed by atoms with Crippen LogP contribution in [0.4, 0.5) is 4.39 Å². The Kier molecular flexibility index (Phi) is 10.9. The van der Waals surface area contributed by atoms with E-state index in [9.17, 15) is 9.18 Å². The number of carbonyl (C=O) groups is 1. The molecule has 0 aliphatic carbocycles. The number of carbonyl (C=O) groups excluding carboxylic acids is 1. The molecule has 1 fully saturated rings. The van der Waals surface area contributed by atoms with Gasteiger partial charge in [0, 0.05) is 53.3 Å². The number of pyridine rings is 1. The third-order valence-corrected chi connectivity index (χ3v) is 7.21. The lowest BCUT2D eigenvalue weighted by molar-refractivity contribution is -0.105. The highest BCUT2D eigenvalue weighted by molar-refractivity contribution is 6.30. The van der Waals surface area contributed by atoms with Crippen LogP contribution in [0.15, 0.2) is 84.2 Å². The second-order valence-electron chi connectivity index (χ2n) is 9.56. The van der Waals surface area contributed by atoms with Gasteiger partial charge in [0.2, 0.25) is 5.88 Å². The van der Waals surface area contributed by atoms with Crippen molar-refractivity contribution in [3.63, 3.8) is 0 Å². The van der Waals surface area contributed by atoms with Crippen LogP contribution in [0.25, 0.3) is 0 Å². The molecule has 1 aliphatic heterocycles. The molecule has 7 heteroatoms. The van der Waals surface area contributed by atoms with Crippen LogP contribution >= 0.6 is 11.6 Å². The van der Waals surface area contributed by atoms with E-state index < -0.39 is 0 Å². The van der Waals surface area contributed by atoms with E-state index >= 15 is 0 Å². The highest BCUT2D eigenvalue weighted by atomic mass is 35.5. The number of aldehydes is 1. The lowest BCUT2D eigenvalue weighted by Crippen LogP contribution is -2.37. The summed E-state index contributed by atoms with van der Waals surface area (Å²) in [5.74, 6) is 0.427. The molecule has 1 saturated heterocycles. The van der Waals surface area contributed by atoms with Crippen LogP contribution in [0.5, 0.6) is 5.88 Å². The van der Waals surface area contributed by atoms with E-state index in [1.165, 1.54) is 6.07 Å². The minimum absolute atomic E-state index is 0.0943. The Labute approximate surface area is 231 Å². The van der Waals surface area contributed by atoms with Crippen molar-refractivity contribution < 1.29 is 13.9 Å². The van der Waals surface area contributed by atoms with Crippen molar-refractivity contribution in [3.05, 3.63) is 106 Å². The van der Waals surface area contributed by atoms with Crippen LogP contribution in [0, 0.1) is 5.82 Å². The lowest BCUT2D eigenvalue weighted by atomic mass is 9.93. The van der Waals surface area contributed by atoms with Crippen LogP contribution in [0.2, 0.25) is 5.02 Å². The number of nitrogens with zero attached hydrogens (tertiary/aromatic N) is 3. The van der Waals surface area contributed by atoms with Crippen molar-refractivity contribution >= 4 is 17.9 Å². The molecule has 202 valence electrons. The van der Waals surface area contributed by atoms with Gasteiger partial charge in [-0.2, -0.15) is 0 Å². The number of benzene rings is 1. The molecule has 0 amide bonds. The molecule has 3 rings (SSSR count). The van der Waals surface area contributed by atoms with Crippen LogP contribution < -0.4 is 4.74 Å². The third kappa shape index (κ3) is 7.89. The topological polar surface area (TPSA) is 45.7 Å². The van der Waals surface area contributed by atoms with Crippen molar-refractivity contribution in [1.82, 2.24) is 14.8 Å². The largest absolute Gasteiger partial charge is 0.473 e. The van der Waals surface area contributed by atoms with E-state index in [1.807, 2.05) is 44.0 Å². The van der Waals surface area contributed by atoms with Crippen LogP contribution in [-0.4, -0.2) is 47.8 Å². The molecule has 38 heavy (non-hydrogen) atoms. The molecule has 1 aromatic carbocycles. The summed E-state index contributed by atoms with van der Waals surface area (Å²) in [4.78, 5) is 20.5. The van der Waals surface area contributed by atoms with Gasteiger partial charge in [-0.25, -0.2) is 9.37 Å². The minimum Gasteiger partial charge on any atom is -0.473 e. The average molecular weight is 538 g/mol. The second-order valence-corrected chi connectivity index (χ2v) is 10.0. The fourth-order valence-corrected chi connectivity index (χ4v) is 4.58. The van der Waals surface area contributed by atoms with Gasteiger partial charge in [-0.1, -0.05) is 49.9 Å². The summed E-state index contributed by atoms with van der Waals surface area (Å²) < 4.78 is 19.8. The third-order valence-electron chi connectivity index (χ3n) is 6.98. The van der Waals surface area contributed by atoms with Gasteiger partial charge in [0.15, 0.2) is 0 Å². The number of allylic oxidation sites excluding steroid dienone is 4. The Bertz CT molecular complexity index is 1220. The van der Waals surface area contributed by atoms with Crippen molar-refractivity contribution in [2.45, 2.75) is 45.6 Å². The molecule has 0 unspecified atom stereocenters. The molecular weight excluding hydrogens is 501 g/mol. The second kappa shape index (κ2) is 14.1. The first-order valence-corrected chi connectivity index (χ1v) is 13.3. The van der Waals surface area contributed by atoms with Crippen LogP contribution in [0.3, 0.4) is 0 Å². The van der Waals surface area contributed by atoms with Crippen molar-refractivity contribution in [1.29, 1.82) is 0 Å². The highest BCUT2D eigenvalue weighted by Crippen LogP contribution is 2.29. The van der Waals surface area contributed by atoms with Crippen molar-refractivity contribution in [3.8, 4) is 5.88 Å².